The summed E-state index contributed by atoms with van der Waals surface area (Å²) in [6.45, 7) is 10.2. The summed E-state index contributed by atoms with van der Waals surface area (Å²) >= 11 is 0. The number of hydrogen-bond donors (Lipinski definition) is 2. The van der Waals surface area contributed by atoms with E-state index in [0.717, 1.165) is 6.42 Å². The van der Waals surface area contributed by atoms with Gasteiger partial charge in [-0.1, -0.05) is 20.8 Å². The van der Waals surface area contributed by atoms with Gasteiger partial charge in [-0.15, -0.1) is 0 Å². The molecule has 5 nitrogen and oxygen atoms in total. The third-order valence-corrected chi connectivity index (χ3v) is 3.17. The second kappa shape index (κ2) is 5.61. The number of aliphatic hydroxyl groups is 1. The van der Waals surface area contributed by atoms with Gasteiger partial charge in [-0.25, -0.2) is 0 Å². The number of carbonyl (C=O) groups is 1. The molecule has 104 valence electrons. The van der Waals surface area contributed by atoms with Crippen LogP contribution in [0.1, 0.15) is 33.6 Å². The molecule has 5 heteroatoms. The van der Waals surface area contributed by atoms with Crippen molar-refractivity contribution in [3.63, 3.8) is 0 Å². The monoisotopic (exact) mass is 256 g/mol. The molecule has 1 rings (SSSR count). The van der Waals surface area contributed by atoms with Gasteiger partial charge in [0, 0.05) is 6.54 Å². The molecule has 0 bridgehead atoms. The lowest BCUT2D eigenvalue weighted by molar-refractivity contribution is -0.143. The maximum atomic E-state index is 12.5. The molecule has 0 aromatic rings. The first kappa shape index (κ1) is 14.8. The van der Waals surface area contributed by atoms with Gasteiger partial charge in [0.25, 0.3) is 0 Å². The van der Waals surface area contributed by atoms with E-state index in [-0.39, 0.29) is 11.3 Å². The SMILES string of the molecule is C=C(N[C@H](C(=O)N1CCC[C@H]1O)C(C)(C)C)OC. The molecule has 1 aliphatic rings. The van der Waals surface area contributed by atoms with E-state index in [1.54, 1.807) is 0 Å². The summed E-state index contributed by atoms with van der Waals surface area (Å²) in [5.74, 6) is 0.252. The number of amides is 1. The summed E-state index contributed by atoms with van der Waals surface area (Å²) in [7, 11) is 1.50. The van der Waals surface area contributed by atoms with Crippen LogP contribution >= 0.6 is 0 Å². The standard InChI is InChI=1S/C13H24N2O3/c1-9(18-5)14-11(13(2,3)4)12(17)15-8-6-7-10(15)16/h10-11,14,16H,1,6-8H2,2-5H3/t10-,11-/m1/s1. The minimum atomic E-state index is -0.667. The first-order valence-corrected chi connectivity index (χ1v) is 6.25. The van der Waals surface area contributed by atoms with Gasteiger partial charge in [0.15, 0.2) is 5.88 Å². The van der Waals surface area contributed by atoms with Crippen LogP contribution in [-0.2, 0) is 9.53 Å². The van der Waals surface area contributed by atoms with E-state index >= 15 is 0 Å². The van der Waals surface area contributed by atoms with Crippen LogP contribution in [0.3, 0.4) is 0 Å². The lowest BCUT2D eigenvalue weighted by Gasteiger charge is -2.35. The van der Waals surface area contributed by atoms with Crippen LogP contribution in [0.2, 0.25) is 0 Å². The molecule has 0 aromatic heterocycles. The van der Waals surface area contributed by atoms with Crippen LogP contribution in [0, 0.1) is 5.41 Å². The molecule has 0 aromatic carbocycles. The van der Waals surface area contributed by atoms with Crippen LogP contribution in [0.4, 0.5) is 0 Å². The minimum Gasteiger partial charge on any atom is -0.483 e. The highest BCUT2D eigenvalue weighted by Crippen LogP contribution is 2.25. The summed E-state index contributed by atoms with van der Waals surface area (Å²) in [6.07, 6.45) is 0.822. The first-order valence-electron chi connectivity index (χ1n) is 6.25. The zero-order valence-corrected chi connectivity index (χ0v) is 11.7. The molecule has 0 aliphatic carbocycles. The van der Waals surface area contributed by atoms with Crippen LogP contribution < -0.4 is 5.32 Å². The lowest BCUT2D eigenvalue weighted by atomic mass is 9.86. The van der Waals surface area contributed by atoms with Crippen molar-refractivity contribution in [1.82, 2.24) is 10.2 Å². The van der Waals surface area contributed by atoms with Gasteiger partial charge in [-0.05, 0) is 24.8 Å². The Hall–Kier alpha value is -1.23. The molecule has 1 heterocycles. The Kier molecular flexibility index (Phi) is 4.62. The summed E-state index contributed by atoms with van der Waals surface area (Å²) < 4.78 is 4.98. The minimum absolute atomic E-state index is 0.106. The largest absolute Gasteiger partial charge is 0.483 e. The number of nitrogens with zero attached hydrogens (tertiary/aromatic N) is 1. The first-order chi connectivity index (χ1) is 8.27. The Morgan fingerprint density at radius 2 is 2.17 bits per heavy atom. The number of ether oxygens (including phenoxy) is 1. The maximum Gasteiger partial charge on any atom is 0.247 e. The molecule has 2 N–H and O–H groups in total. The van der Waals surface area contributed by atoms with Crippen LogP contribution in [0.15, 0.2) is 12.5 Å². The Bertz CT molecular complexity index is 323. The highest BCUT2D eigenvalue weighted by Gasteiger charge is 2.38. The number of carbonyl (C=O) groups excluding carboxylic acids is 1. The highest BCUT2D eigenvalue weighted by atomic mass is 16.5. The van der Waals surface area contributed by atoms with Crippen molar-refractivity contribution in [3.05, 3.63) is 12.5 Å². The van der Waals surface area contributed by atoms with E-state index in [9.17, 15) is 9.90 Å². The van der Waals surface area contributed by atoms with Gasteiger partial charge in [0.2, 0.25) is 5.91 Å². The zero-order valence-electron chi connectivity index (χ0n) is 11.7. The summed E-state index contributed by atoms with van der Waals surface area (Å²) in [5.41, 5.74) is -0.291. The van der Waals surface area contributed by atoms with Gasteiger partial charge >= 0.3 is 0 Å². The van der Waals surface area contributed by atoms with E-state index in [0.29, 0.717) is 18.8 Å². The molecule has 0 saturated carbocycles. The summed E-state index contributed by atoms with van der Waals surface area (Å²) in [5, 5.41) is 12.8. The second-order valence-corrected chi connectivity index (χ2v) is 5.73. The molecule has 0 spiro atoms. The van der Waals surface area contributed by atoms with Crippen molar-refractivity contribution in [2.75, 3.05) is 13.7 Å². The molecular weight excluding hydrogens is 232 g/mol. The molecule has 0 unspecified atom stereocenters. The van der Waals surface area contributed by atoms with Crippen molar-refractivity contribution < 1.29 is 14.6 Å². The predicted octanol–water partition coefficient (Wildman–Crippen LogP) is 1.05. The van der Waals surface area contributed by atoms with Crippen LogP contribution in [-0.4, -0.2) is 41.8 Å². The van der Waals surface area contributed by atoms with Gasteiger partial charge in [-0.2, -0.15) is 0 Å². The van der Waals surface area contributed by atoms with E-state index in [2.05, 4.69) is 11.9 Å². The second-order valence-electron chi connectivity index (χ2n) is 5.73. The molecule has 2 atom stereocenters. The van der Waals surface area contributed by atoms with E-state index in [1.165, 1.54) is 12.0 Å². The Morgan fingerprint density at radius 3 is 2.56 bits per heavy atom. The highest BCUT2D eigenvalue weighted by molar-refractivity contribution is 5.83. The van der Waals surface area contributed by atoms with Gasteiger partial charge in [0.05, 0.1) is 7.11 Å². The number of aliphatic hydroxyl groups excluding tert-OH is 1. The van der Waals surface area contributed by atoms with Gasteiger partial charge < -0.3 is 20.1 Å². The fraction of sp³-hybridized carbons (Fsp3) is 0.769. The number of rotatable bonds is 4. The summed E-state index contributed by atoms with van der Waals surface area (Å²) in [6, 6.07) is -0.460. The molecule has 0 radical (unpaired) electrons. The average Bonchev–Trinajstić information content (AvgIpc) is 2.69. The number of likely N-dealkylation sites (tertiary alicyclic amines) is 1. The van der Waals surface area contributed by atoms with Gasteiger partial charge in [-0.3, -0.25) is 4.79 Å². The fourth-order valence-electron chi connectivity index (χ4n) is 2.04. The fourth-order valence-corrected chi connectivity index (χ4v) is 2.04. The van der Waals surface area contributed by atoms with Crippen molar-refractivity contribution in [1.29, 1.82) is 0 Å². The number of nitrogens with one attached hydrogen (secondary N) is 1. The van der Waals surface area contributed by atoms with Crippen molar-refractivity contribution in [2.24, 2.45) is 5.41 Å². The number of methoxy groups -OCH3 is 1. The smallest absolute Gasteiger partial charge is 0.247 e. The van der Waals surface area contributed by atoms with Crippen molar-refractivity contribution >= 4 is 5.91 Å². The summed E-state index contributed by atoms with van der Waals surface area (Å²) in [4.78, 5) is 14.0. The third kappa shape index (κ3) is 3.38. The molecule has 1 saturated heterocycles. The zero-order chi connectivity index (χ0) is 13.9. The average molecular weight is 256 g/mol. The molecule has 1 amide bonds. The maximum absolute atomic E-state index is 12.5. The molecule has 1 fully saturated rings. The van der Waals surface area contributed by atoms with E-state index < -0.39 is 12.3 Å². The normalized spacial score (nSPS) is 21.6. The Morgan fingerprint density at radius 1 is 1.56 bits per heavy atom. The van der Waals surface area contributed by atoms with E-state index in [4.69, 9.17) is 4.74 Å². The molecule has 18 heavy (non-hydrogen) atoms. The molecule has 1 aliphatic heterocycles. The lowest BCUT2D eigenvalue weighted by Crippen LogP contribution is -2.53. The van der Waals surface area contributed by atoms with Gasteiger partial charge in [0.1, 0.15) is 12.3 Å². The predicted molar refractivity (Wildman–Crippen MR) is 69.5 cm³/mol. The Balaban J connectivity index is 2.82. The quantitative estimate of drug-likeness (QED) is 0.738. The Labute approximate surface area is 109 Å². The van der Waals surface area contributed by atoms with Crippen LogP contribution in [0.5, 0.6) is 0 Å². The van der Waals surface area contributed by atoms with Crippen molar-refractivity contribution in [3.8, 4) is 0 Å². The number of hydrogen-bond acceptors (Lipinski definition) is 4. The third-order valence-electron chi connectivity index (χ3n) is 3.17. The van der Waals surface area contributed by atoms with Crippen molar-refractivity contribution in [2.45, 2.75) is 45.9 Å². The van der Waals surface area contributed by atoms with Crippen LogP contribution in [0.25, 0.3) is 0 Å². The topological polar surface area (TPSA) is 61.8 Å². The molecular formula is C13H24N2O3. The van der Waals surface area contributed by atoms with E-state index in [1.807, 2.05) is 20.8 Å².